The van der Waals surface area contributed by atoms with E-state index in [2.05, 4.69) is 15.5 Å². The van der Waals surface area contributed by atoms with E-state index in [4.69, 9.17) is 4.84 Å². The van der Waals surface area contributed by atoms with Gasteiger partial charge in [-0.25, -0.2) is 9.48 Å². The maximum atomic E-state index is 12.7. The highest BCUT2D eigenvalue weighted by Crippen LogP contribution is 2.30. The van der Waals surface area contributed by atoms with Gasteiger partial charge in [0.2, 0.25) is 5.91 Å². The highest BCUT2D eigenvalue weighted by atomic mass is 16.7. The van der Waals surface area contributed by atoms with Crippen molar-refractivity contribution in [2.45, 2.75) is 38.8 Å². The van der Waals surface area contributed by atoms with Crippen LogP contribution in [0.25, 0.3) is 5.69 Å². The highest BCUT2D eigenvalue weighted by Gasteiger charge is 2.40. The van der Waals surface area contributed by atoms with Gasteiger partial charge in [0, 0.05) is 31.6 Å². The minimum atomic E-state index is -0.985. The van der Waals surface area contributed by atoms with Gasteiger partial charge in [-0.1, -0.05) is 22.5 Å². The summed E-state index contributed by atoms with van der Waals surface area (Å²) in [7, 11) is 0. The van der Waals surface area contributed by atoms with E-state index in [-0.39, 0.29) is 17.2 Å². The first-order valence-corrected chi connectivity index (χ1v) is 11.2. The predicted octanol–water partition coefficient (Wildman–Crippen LogP) is 2.37. The molecule has 0 saturated carbocycles. The quantitative estimate of drug-likeness (QED) is 0.577. The summed E-state index contributed by atoms with van der Waals surface area (Å²) < 4.78 is 3.25. The average molecular weight is 463 g/mol. The fourth-order valence-corrected chi connectivity index (χ4v) is 4.27. The summed E-state index contributed by atoms with van der Waals surface area (Å²) >= 11 is 0. The maximum absolute atomic E-state index is 12.7. The van der Waals surface area contributed by atoms with Crippen LogP contribution in [0, 0.1) is 5.92 Å². The molecular weight excluding hydrogens is 436 g/mol. The number of oxime groups is 1. The predicted molar refractivity (Wildman–Crippen MR) is 123 cm³/mol. The van der Waals surface area contributed by atoms with Crippen molar-refractivity contribution in [3.8, 4) is 5.69 Å². The molecule has 1 fully saturated rings. The molecule has 2 aromatic heterocycles. The number of nitrogens with zero attached hydrogens (tertiary/aromatic N) is 6. The molecule has 176 valence electrons. The van der Waals surface area contributed by atoms with Crippen LogP contribution in [0.3, 0.4) is 0 Å². The number of carbonyl (C=O) groups is 2. The fraction of sp³-hybridized carbons (Fsp3) is 0.375. The summed E-state index contributed by atoms with van der Waals surface area (Å²) in [6.45, 7) is 5.75. The molecule has 3 aromatic rings. The first-order valence-electron chi connectivity index (χ1n) is 11.2. The van der Waals surface area contributed by atoms with Crippen molar-refractivity contribution >= 4 is 17.6 Å². The molecule has 0 atom stereocenters. The molecule has 0 radical (unpaired) electrons. The Morgan fingerprint density at radius 1 is 1.18 bits per heavy atom. The molecule has 1 saturated heterocycles. The number of benzene rings is 1. The topological polar surface area (TPSA) is 115 Å². The monoisotopic (exact) mass is 462 g/mol. The van der Waals surface area contributed by atoms with Gasteiger partial charge in [-0.05, 0) is 43.7 Å². The number of carbonyl (C=O) groups excluding carboxylic acids is 1. The van der Waals surface area contributed by atoms with Crippen LogP contribution in [-0.2, 0) is 22.6 Å². The van der Waals surface area contributed by atoms with Gasteiger partial charge >= 0.3 is 5.97 Å². The Morgan fingerprint density at radius 2 is 1.94 bits per heavy atom. The van der Waals surface area contributed by atoms with Crippen LogP contribution in [0.5, 0.6) is 0 Å². The van der Waals surface area contributed by atoms with Gasteiger partial charge in [0.05, 0.1) is 30.6 Å². The van der Waals surface area contributed by atoms with Crippen LogP contribution >= 0.6 is 0 Å². The van der Waals surface area contributed by atoms with Gasteiger partial charge < -0.3 is 19.4 Å². The van der Waals surface area contributed by atoms with Crippen molar-refractivity contribution in [3.63, 3.8) is 0 Å². The van der Waals surface area contributed by atoms with Gasteiger partial charge in [0.25, 0.3) is 0 Å². The second-order valence-corrected chi connectivity index (χ2v) is 9.43. The lowest BCUT2D eigenvalue weighted by molar-refractivity contribution is -0.135. The number of carboxylic acids is 1. The van der Waals surface area contributed by atoms with Crippen LogP contribution in [0.4, 0.5) is 0 Å². The average Bonchev–Trinajstić information content (AvgIpc) is 3.48. The SMILES string of the molecule is CC1(C)CC(C2CN(C(=O)Cc3ccc(-n4cc(Cn5cccc5C(=O)O)nn4)cc3)C2)=NO1. The number of aromatic carboxylic acids is 1. The molecule has 2 aliphatic rings. The molecule has 1 aromatic carbocycles. The second kappa shape index (κ2) is 8.44. The molecule has 0 bridgehead atoms. The molecule has 10 nitrogen and oxygen atoms in total. The molecule has 34 heavy (non-hydrogen) atoms. The van der Waals surface area contributed by atoms with Gasteiger partial charge in [0.15, 0.2) is 0 Å². The summed E-state index contributed by atoms with van der Waals surface area (Å²) in [6.07, 6.45) is 4.63. The Kier molecular flexibility index (Phi) is 5.43. The molecule has 5 rings (SSSR count). The summed E-state index contributed by atoms with van der Waals surface area (Å²) in [5.74, 6) is -0.582. The zero-order valence-corrected chi connectivity index (χ0v) is 19.1. The first kappa shape index (κ1) is 21.9. The van der Waals surface area contributed by atoms with Crippen LogP contribution in [0.15, 0.2) is 53.9 Å². The number of amides is 1. The third kappa shape index (κ3) is 4.43. The van der Waals surface area contributed by atoms with E-state index in [0.717, 1.165) is 23.4 Å². The zero-order valence-electron chi connectivity index (χ0n) is 19.1. The highest BCUT2D eigenvalue weighted by molar-refractivity contribution is 5.91. The van der Waals surface area contributed by atoms with Gasteiger partial charge in [-0.3, -0.25) is 4.79 Å². The van der Waals surface area contributed by atoms with E-state index in [1.807, 2.05) is 43.0 Å². The molecule has 10 heteroatoms. The number of carboxylic acid groups (broad SMARTS) is 1. The third-order valence-electron chi connectivity index (χ3n) is 6.20. The Balaban J connectivity index is 1.15. The lowest BCUT2D eigenvalue weighted by Crippen LogP contribution is -2.53. The van der Waals surface area contributed by atoms with E-state index in [1.165, 1.54) is 0 Å². The molecule has 2 aliphatic heterocycles. The Bertz CT molecular complexity index is 1250. The number of rotatable bonds is 7. The molecule has 0 unspecified atom stereocenters. The van der Waals surface area contributed by atoms with Crippen LogP contribution < -0.4 is 0 Å². The lowest BCUT2D eigenvalue weighted by atomic mass is 9.88. The number of aromatic nitrogens is 4. The number of likely N-dealkylation sites (tertiary alicyclic amines) is 1. The maximum Gasteiger partial charge on any atom is 0.352 e. The number of hydrogen-bond acceptors (Lipinski definition) is 6. The van der Waals surface area contributed by atoms with E-state index < -0.39 is 5.97 Å². The molecule has 1 amide bonds. The molecule has 1 N–H and O–H groups in total. The van der Waals surface area contributed by atoms with Crippen molar-refractivity contribution in [2.75, 3.05) is 13.1 Å². The zero-order chi connectivity index (χ0) is 23.9. The van der Waals surface area contributed by atoms with E-state index in [0.29, 0.717) is 37.7 Å². The largest absolute Gasteiger partial charge is 0.477 e. The van der Waals surface area contributed by atoms with Crippen molar-refractivity contribution < 1.29 is 19.5 Å². The Hall–Kier alpha value is -3.95. The van der Waals surface area contributed by atoms with Gasteiger partial charge in [-0.15, -0.1) is 5.10 Å². The summed E-state index contributed by atoms with van der Waals surface area (Å²) in [6, 6.07) is 10.9. The van der Waals surface area contributed by atoms with Crippen LogP contribution in [0.2, 0.25) is 0 Å². The second-order valence-electron chi connectivity index (χ2n) is 9.43. The van der Waals surface area contributed by atoms with Gasteiger partial charge in [-0.2, -0.15) is 0 Å². The van der Waals surface area contributed by atoms with Crippen LogP contribution in [0.1, 0.15) is 42.0 Å². The first-order chi connectivity index (χ1) is 16.3. The lowest BCUT2D eigenvalue weighted by Gasteiger charge is -2.39. The number of hydrogen-bond donors (Lipinski definition) is 1. The van der Waals surface area contributed by atoms with Crippen molar-refractivity contribution in [1.29, 1.82) is 0 Å². The third-order valence-corrected chi connectivity index (χ3v) is 6.20. The minimum absolute atomic E-state index is 0.103. The summed E-state index contributed by atoms with van der Waals surface area (Å²) in [5.41, 5.74) is 3.40. The molecular formula is C24H26N6O4. The van der Waals surface area contributed by atoms with Crippen molar-refractivity contribution in [2.24, 2.45) is 11.1 Å². The van der Waals surface area contributed by atoms with Gasteiger partial charge in [0.1, 0.15) is 17.0 Å². The van der Waals surface area contributed by atoms with E-state index in [1.54, 1.807) is 33.8 Å². The fourth-order valence-electron chi connectivity index (χ4n) is 4.27. The summed E-state index contributed by atoms with van der Waals surface area (Å²) in [5, 5.41) is 21.7. The minimum Gasteiger partial charge on any atom is -0.477 e. The Morgan fingerprint density at radius 3 is 2.62 bits per heavy atom. The van der Waals surface area contributed by atoms with Crippen molar-refractivity contribution in [3.05, 3.63) is 65.7 Å². The molecule has 4 heterocycles. The normalized spacial score (nSPS) is 17.2. The van der Waals surface area contributed by atoms with Crippen LogP contribution in [-0.4, -0.2) is 65.8 Å². The standard InChI is InChI=1S/C24H26N6O4/c1-24(2)11-20(26-34-24)17-12-29(13-17)22(31)10-16-5-7-19(8-6-16)30-15-18(25-27-30)14-28-9-3-4-21(28)23(32)33/h3-9,15,17H,10-14H2,1-2H3,(H,32,33). The van der Waals surface area contributed by atoms with E-state index in [9.17, 15) is 14.7 Å². The molecule has 0 aliphatic carbocycles. The van der Waals surface area contributed by atoms with E-state index >= 15 is 0 Å². The molecule has 0 spiro atoms. The smallest absolute Gasteiger partial charge is 0.352 e. The Labute approximate surface area is 196 Å². The summed E-state index contributed by atoms with van der Waals surface area (Å²) in [4.78, 5) is 31.2. The van der Waals surface area contributed by atoms with Crippen molar-refractivity contribution in [1.82, 2.24) is 24.5 Å².